The van der Waals surface area contributed by atoms with Gasteiger partial charge < -0.3 is 23.7 Å². The molecule has 2 unspecified atom stereocenters. The maximum Gasteiger partial charge on any atom is 0.369 e. The van der Waals surface area contributed by atoms with Crippen molar-refractivity contribution in [2.24, 2.45) is 0 Å². The van der Waals surface area contributed by atoms with Crippen LogP contribution in [0.1, 0.15) is 47.0 Å². The largest absolute Gasteiger partial charge is 0.462 e. The molecule has 23 heavy (non-hydrogen) atoms. The molecule has 0 bridgehead atoms. The minimum Gasteiger partial charge on any atom is -0.462 e. The van der Waals surface area contributed by atoms with Gasteiger partial charge in [0.2, 0.25) is 0 Å². The molecule has 0 aliphatic carbocycles. The molecule has 0 radical (unpaired) electrons. The lowest BCUT2D eigenvalue weighted by Crippen LogP contribution is -2.59. The number of carbonyl (C=O) groups is 1. The van der Waals surface area contributed by atoms with Gasteiger partial charge in [0, 0.05) is 19.8 Å². The van der Waals surface area contributed by atoms with E-state index in [4.69, 9.17) is 23.7 Å². The Balaban J connectivity index is 3.00. The van der Waals surface area contributed by atoms with Gasteiger partial charge in [-0.05, 0) is 47.0 Å². The summed E-state index contributed by atoms with van der Waals surface area (Å²) >= 11 is 0. The highest BCUT2D eigenvalue weighted by Gasteiger charge is 2.51. The topological polar surface area (TPSA) is 63.2 Å². The number of carbonyl (C=O) groups excluding carboxylic acids is 1. The van der Waals surface area contributed by atoms with Crippen LogP contribution in [0.15, 0.2) is 0 Å². The van der Waals surface area contributed by atoms with Crippen molar-refractivity contribution in [1.82, 2.24) is 0 Å². The summed E-state index contributed by atoms with van der Waals surface area (Å²) in [6.07, 6.45) is 2.36. The molecule has 136 valence electrons. The Kier molecular flexibility index (Phi) is 8.71. The molecule has 0 aromatic carbocycles. The quantitative estimate of drug-likeness (QED) is 0.341. The SMILES string of the molecule is CCOC(=O)C(OCC)(OCC)C(C)OC1([SiH2]C)CCCCO1. The summed E-state index contributed by atoms with van der Waals surface area (Å²) in [5.41, 5.74) is -0.552. The number of ether oxygens (including phenoxy) is 5. The molecule has 1 heterocycles. The standard InChI is InChI=1S/C16H32O6Si/c1-6-18-14(17)16(19-7-2,20-8-3)13(4)22-15(23-5)11-9-10-12-21-15/h13H,6-12,23H2,1-5H3. The average molecular weight is 349 g/mol. The summed E-state index contributed by atoms with van der Waals surface area (Å²) in [4.78, 5) is 12.5. The highest BCUT2D eigenvalue weighted by Crippen LogP contribution is 2.32. The number of rotatable bonds is 10. The molecule has 0 N–H and O–H groups in total. The van der Waals surface area contributed by atoms with Crippen molar-refractivity contribution in [3.63, 3.8) is 0 Å². The first kappa shape index (κ1) is 20.6. The summed E-state index contributed by atoms with van der Waals surface area (Å²) in [6, 6.07) is 0. The van der Waals surface area contributed by atoms with E-state index < -0.39 is 32.8 Å². The van der Waals surface area contributed by atoms with E-state index in [1.54, 1.807) is 13.8 Å². The third kappa shape index (κ3) is 5.00. The molecule has 1 saturated heterocycles. The van der Waals surface area contributed by atoms with Crippen molar-refractivity contribution in [2.45, 2.75) is 70.8 Å². The van der Waals surface area contributed by atoms with Crippen molar-refractivity contribution in [2.75, 3.05) is 26.4 Å². The fraction of sp³-hybridized carbons (Fsp3) is 0.938. The molecular weight excluding hydrogens is 316 g/mol. The molecule has 0 aromatic heterocycles. The Bertz CT molecular complexity index is 350. The zero-order chi connectivity index (χ0) is 17.3. The van der Waals surface area contributed by atoms with Crippen LogP contribution in [-0.2, 0) is 28.5 Å². The molecule has 1 aliphatic rings. The molecule has 0 amide bonds. The van der Waals surface area contributed by atoms with Gasteiger partial charge in [-0.25, -0.2) is 4.79 Å². The predicted molar refractivity (Wildman–Crippen MR) is 90.1 cm³/mol. The minimum atomic E-state index is -1.54. The molecule has 0 spiro atoms. The van der Waals surface area contributed by atoms with Gasteiger partial charge in [-0.15, -0.1) is 0 Å². The van der Waals surface area contributed by atoms with E-state index in [1.165, 1.54) is 0 Å². The molecule has 0 saturated carbocycles. The Morgan fingerprint density at radius 2 is 1.87 bits per heavy atom. The number of esters is 1. The highest BCUT2D eigenvalue weighted by atomic mass is 28.2. The van der Waals surface area contributed by atoms with E-state index in [2.05, 4.69) is 6.55 Å². The molecule has 0 aromatic rings. The molecular formula is C16H32O6Si. The van der Waals surface area contributed by atoms with Crippen molar-refractivity contribution in [3.8, 4) is 0 Å². The van der Waals surface area contributed by atoms with Crippen molar-refractivity contribution >= 4 is 15.5 Å². The Morgan fingerprint density at radius 3 is 2.30 bits per heavy atom. The van der Waals surface area contributed by atoms with Crippen LogP contribution in [0, 0.1) is 0 Å². The summed E-state index contributed by atoms with van der Waals surface area (Å²) in [7, 11) is -0.611. The van der Waals surface area contributed by atoms with Crippen LogP contribution in [0.4, 0.5) is 0 Å². The summed E-state index contributed by atoms with van der Waals surface area (Å²) < 4.78 is 28.8. The van der Waals surface area contributed by atoms with Crippen molar-refractivity contribution in [1.29, 1.82) is 0 Å². The van der Waals surface area contributed by atoms with Crippen LogP contribution in [0.5, 0.6) is 0 Å². The van der Waals surface area contributed by atoms with E-state index in [-0.39, 0.29) is 6.61 Å². The maximum absolute atomic E-state index is 12.5. The van der Waals surface area contributed by atoms with E-state index in [1.807, 2.05) is 13.8 Å². The lowest BCUT2D eigenvalue weighted by atomic mass is 10.1. The molecule has 2 atom stereocenters. The van der Waals surface area contributed by atoms with Gasteiger partial charge in [0.15, 0.2) is 0 Å². The average Bonchev–Trinajstić information content (AvgIpc) is 2.55. The molecule has 1 aliphatic heterocycles. The maximum atomic E-state index is 12.5. The molecule has 1 rings (SSSR count). The Morgan fingerprint density at radius 1 is 1.22 bits per heavy atom. The van der Waals surface area contributed by atoms with Gasteiger partial charge in [-0.3, -0.25) is 0 Å². The monoisotopic (exact) mass is 348 g/mol. The normalized spacial score (nSPS) is 24.0. The lowest BCUT2D eigenvalue weighted by Gasteiger charge is -2.43. The highest BCUT2D eigenvalue weighted by molar-refractivity contribution is 6.37. The first-order chi connectivity index (χ1) is 11.0. The van der Waals surface area contributed by atoms with Crippen LogP contribution in [0.2, 0.25) is 6.55 Å². The lowest BCUT2D eigenvalue weighted by molar-refractivity contribution is -0.320. The van der Waals surface area contributed by atoms with E-state index in [9.17, 15) is 4.79 Å². The molecule has 7 heteroatoms. The van der Waals surface area contributed by atoms with Gasteiger partial charge in [-0.2, -0.15) is 0 Å². The van der Waals surface area contributed by atoms with Gasteiger partial charge >= 0.3 is 5.97 Å². The fourth-order valence-electron chi connectivity index (χ4n) is 2.90. The van der Waals surface area contributed by atoms with Crippen molar-refractivity contribution in [3.05, 3.63) is 0 Å². The van der Waals surface area contributed by atoms with Gasteiger partial charge in [0.1, 0.15) is 11.5 Å². The summed E-state index contributed by atoms with van der Waals surface area (Å²) in [5.74, 6) is -2.09. The second-order valence-corrected chi connectivity index (χ2v) is 7.37. The van der Waals surface area contributed by atoms with Crippen LogP contribution in [0.3, 0.4) is 0 Å². The second kappa shape index (κ2) is 9.73. The Hall–Kier alpha value is -0.473. The van der Waals surface area contributed by atoms with Gasteiger partial charge in [-0.1, -0.05) is 6.55 Å². The van der Waals surface area contributed by atoms with Gasteiger partial charge in [0.25, 0.3) is 5.79 Å². The number of hydrogen-bond acceptors (Lipinski definition) is 6. The minimum absolute atomic E-state index is 0.262. The molecule has 1 fully saturated rings. The van der Waals surface area contributed by atoms with E-state index >= 15 is 0 Å². The molecule has 6 nitrogen and oxygen atoms in total. The van der Waals surface area contributed by atoms with E-state index in [0.29, 0.717) is 19.8 Å². The summed E-state index contributed by atoms with van der Waals surface area (Å²) in [6.45, 7) is 11.0. The zero-order valence-corrected chi connectivity index (χ0v) is 16.6. The third-order valence-electron chi connectivity index (χ3n) is 4.06. The first-order valence-corrected chi connectivity index (χ1v) is 10.9. The predicted octanol–water partition coefficient (Wildman–Crippen LogP) is 1.80. The van der Waals surface area contributed by atoms with Crippen LogP contribution in [0.25, 0.3) is 0 Å². The van der Waals surface area contributed by atoms with Gasteiger partial charge in [0.05, 0.1) is 16.1 Å². The third-order valence-corrected chi connectivity index (χ3v) is 5.86. The second-order valence-electron chi connectivity index (χ2n) is 5.58. The zero-order valence-electron chi connectivity index (χ0n) is 15.2. The van der Waals surface area contributed by atoms with Crippen molar-refractivity contribution < 1.29 is 28.5 Å². The Labute approximate surface area is 142 Å². The fourth-order valence-corrected chi connectivity index (χ4v) is 4.27. The van der Waals surface area contributed by atoms with Crippen LogP contribution < -0.4 is 0 Å². The van der Waals surface area contributed by atoms with E-state index in [0.717, 1.165) is 19.3 Å². The number of hydrogen-bond donors (Lipinski definition) is 0. The van der Waals surface area contributed by atoms with Crippen LogP contribution in [-0.4, -0.2) is 59.2 Å². The van der Waals surface area contributed by atoms with Crippen LogP contribution >= 0.6 is 0 Å². The first-order valence-electron chi connectivity index (χ1n) is 8.77. The summed E-state index contributed by atoms with van der Waals surface area (Å²) in [5, 5.41) is 0. The smallest absolute Gasteiger partial charge is 0.369 e.